The van der Waals surface area contributed by atoms with Gasteiger partial charge in [-0.25, -0.2) is 14.8 Å². The van der Waals surface area contributed by atoms with E-state index in [2.05, 4.69) is 4.98 Å². The Morgan fingerprint density at radius 1 is 1.14 bits per heavy atom. The van der Waals surface area contributed by atoms with E-state index in [1.807, 2.05) is 39.0 Å². The minimum Gasteiger partial charge on any atom is -0.495 e. The average molecular weight is 548 g/mol. The Balaban J connectivity index is 1.56. The lowest BCUT2D eigenvalue weighted by molar-refractivity contribution is 0.0172. The van der Waals surface area contributed by atoms with Crippen LogP contribution < -0.4 is 9.47 Å². The summed E-state index contributed by atoms with van der Waals surface area (Å²) in [5.41, 5.74) is 1.57. The van der Waals surface area contributed by atoms with Crippen LogP contribution in [0.5, 0.6) is 11.5 Å². The number of nitrogens with zero attached hydrogens (tertiary/aromatic N) is 3. The van der Waals surface area contributed by atoms with Gasteiger partial charge in [0.1, 0.15) is 22.9 Å². The monoisotopic (exact) mass is 547 g/mol. The van der Waals surface area contributed by atoms with Gasteiger partial charge in [0.2, 0.25) is 0 Å². The van der Waals surface area contributed by atoms with Gasteiger partial charge < -0.3 is 24.2 Å². The van der Waals surface area contributed by atoms with Crippen LogP contribution in [0.15, 0.2) is 30.5 Å². The summed E-state index contributed by atoms with van der Waals surface area (Å²) in [6.07, 6.45) is 2.60. The average Bonchev–Trinajstić information content (AvgIpc) is 3.26. The molecule has 1 aliphatic rings. The molecule has 1 aromatic heterocycles. The first-order chi connectivity index (χ1) is 17.5. The number of benzene rings is 2. The van der Waals surface area contributed by atoms with E-state index in [1.165, 1.54) is 14.2 Å². The molecule has 0 saturated carbocycles. The Kier molecular flexibility index (Phi) is 8.02. The largest absolute Gasteiger partial charge is 0.495 e. The lowest BCUT2D eigenvalue weighted by Crippen LogP contribution is -2.41. The van der Waals surface area contributed by atoms with Crippen LogP contribution in [-0.4, -0.2) is 65.1 Å². The summed E-state index contributed by atoms with van der Waals surface area (Å²) in [6.45, 7) is 5.85. The number of hydrogen-bond acceptors (Lipinski definition) is 7. The van der Waals surface area contributed by atoms with E-state index in [0.717, 1.165) is 16.5 Å². The number of amides is 1. The van der Waals surface area contributed by atoms with Gasteiger partial charge in [-0.05, 0) is 50.8 Å². The summed E-state index contributed by atoms with van der Waals surface area (Å²) in [7, 11) is 3.07. The number of likely N-dealkylation sites (tertiary alicyclic amines) is 1. The molecule has 10 heteroatoms. The highest BCUT2D eigenvalue weighted by molar-refractivity contribution is 6.41. The van der Waals surface area contributed by atoms with Crippen molar-refractivity contribution in [2.75, 3.05) is 27.4 Å². The normalized spacial score (nSPS) is 17.8. The highest BCUT2D eigenvalue weighted by Gasteiger charge is 2.37. The number of hydrogen-bond donors (Lipinski definition) is 1. The molecule has 1 saturated heterocycles. The molecule has 2 heterocycles. The Morgan fingerprint density at radius 3 is 2.41 bits per heavy atom. The summed E-state index contributed by atoms with van der Waals surface area (Å²) >= 11 is 13.2. The van der Waals surface area contributed by atoms with E-state index in [9.17, 15) is 9.90 Å². The third-order valence-electron chi connectivity index (χ3n) is 6.30. The first-order valence-electron chi connectivity index (χ1n) is 12.0. The topological polar surface area (TPSA) is 94.0 Å². The van der Waals surface area contributed by atoms with Gasteiger partial charge in [-0.3, -0.25) is 0 Å². The van der Waals surface area contributed by atoms with Crippen molar-refractivity contribution in [1.29, 1.82) is 0 Å². The van der Waals surface area contributed by atoms with Crippen molar-refractivity contribution < 1.29 is 24.1 Å². The first kappa shape index (κ1) is 27.2. The Hall–Kier alpha value is -2.81. The molecule has 0 aliphatic carbocycles. The molecule has 2 aromatic carbocycles. The number of carbonyl (C=O) groups excluding carboxylic acids is 1. The van der Waals surface area contributed by atoms with Crippen LogP contribution in [-0.2, 0) is 11.2 Å². The Morgan fingerprint density at radius 2 is 1.81 bits per heavy atom. The van der Waals surface area contributed by atoms with Crippen molar-refractivity contribution >= 4 is 40.2 Å². The smallest absolute Gasteiger partial charge is 0.410 e. The highest BCUT2D eigenvalue weighted by Crippen LogP contribution is 2.46. The first-order valence-corrected chi connectivity index (χ1v) is 12.8. The van der Waals surface area contributed by atoms with Crippen LogP contribution in [0.2, 0.25) is 10.0 Å². The minimum atomic E-state index is -0.597. The zero-order valence-corrected chi connectivity index (χ0v) is 23.1. The van der Waals surface area contributed by atoms with Gasteiger partial charge >= 0.3 is 6.09 Å². The highest BCUT2D eigenvalue weighted by atomic mass is 35.5. The standard InChI is InChI=1S/C27H31Cl2N3O5/c1-27(2,3)37-26(34)32-13-15(8-18(32)14-33)9-22-30-12-17-10-16(6-7-19(17)31-22)23-24(28)20(35-4)11-21(36-5)25(23)29/h6-7,10-12,15,18,33H,8-9,13-14H2,1-5H3/t15-,18+/m1/s1. The van der Waals surface area contributed by atoms with Gasteiger partial charge in [-0.15, -0.1) is 0 Å². The number of ether oxygens (including phenoxy) is 3. The maximum atomic E-state index is 12.6. The van der Waals surface area contributed by atoms with E-state index in [-0.39, 0.29) is 18.6 Å². The lowest BCUT2D eigenvalue weighted by atomic mass is 10.0. The number of aliphatic hydroxyl groups excluding tert-OH is 1. The summed E-state index contributed by atoms with van der Waals surface area (Å²) in [5, 5.41) is 11.4. The second kappa shape index (κ2) is 10.9. The lowest BCUT2D eigenvalue weighted by Gasteiger charge is -2.27. The number of aromatic nitrogens is 2. The van der Waals surface area contributed by atoms with Crippen molar-refractivity contribution in [1.82, 2.24) is 14.9 Å². The predicted molar refractivity (Wildman–Crippen MR) is 144 cm³/mol. The number of methoxy groups -OCH3 is 2. The van der Waals surface area contributed by atoms with Crippen LogP contribution in [0.1, 0.15) is 33.0 Å². The van der Waals surface area contributed by atoms with Crippen LogP contribution in [0.3, 0.4) is 0 Å². The van der Waals surface area contributed by atoms with Crippen LogP contribution in [0.4, 0.5) is 4.79 Å². The molecule has 1 amide bonds. The van der Waals surface area contributed by atoms with E-state index in [4.69, 9.17) is 42.4 Å². The van der Waals surface area contributed by atoms with Crippen LogP contribution in [0.25, 0.3) is 22.0 Å². The summed E-state index contributed by atoms with van der Waals surface area (Å²) in [4.78, 5) is 23.5. The molecule has 1 N–H and O–H groups in total. The maximum Gasteiger partial charge on any atom is 0.410 e. The molecule has 1 aliphatic heterocycles. The van der Waals surface area contributed by atoms with Crippen molar-refractivity contribution in [3.63, 3.8) is 0 Å². The van der Waals surface area contributed by atoms with E-state index < -0.39 is 11.7 Å². The summed E-state index contributed by atoms with van der Waals surface area (Å²) in [6, 6.07) is 7.09. The molecule has 0 radical (unpaired) electrons. The molecule has 37 heavy (non-hydrogen) atoms. The molecule has 4 rings (SSSR count). The van der Waals surface area contributed by atoms with Crippen molar-refractivity contribution in [2.24, 2.45) is 5.92 Å². The third-order valence-corrected chi connectivity index (χ3v) is 7.05. The Labute approximate surface area is 226 Å². The van der Waals surface area contributed by atoms with E-state index in [0.29, 0.717) is 52.3 Å². The fraction of sp³-hybridized carbons (Fsp3) is 0.444. The quantitative estimate of drug-likeness (QED) is 0.417. The molecule has 0 spiro atoms. The molecule has 2 atom stereocenters. The van der Waals surface area contributed by atoms with E-state index in [1.54, 1.807) is 17.2 Å². The summed E-state index contributed by atoms with van der Waals surface area (Å²) in [5.74, 6) is 1.71. The summed E-state index contributed by atoms with van der Waals surface area (Å²) < 4.78 is 16.3. The number of fused-ring (bicyclic) bond motifs is 1. The van der Waals surface area contributed by atoms with E-state index >= 15 is 0 Å². The fourth-order valence-electron chi connectivity index (χ4n) is 4.60. The molecule has 0 unspecified atom stereocenters. The molecular formula is C27H31Cl2N3O5. The van der Waals surface area contributed by atoms with Crippen LogP contribution >= 0.6 is 23.2 Å². The molecule has 1 fully saturated rings. The third kappa shape index (κ3) is 5.87. The Bertz CT molecular complexity index is 1280. The second-order valence-corrected chi connectivity index (χ2v) is 10.9. The molecule has 198 valence electrons. The molecule has 0 bridgehead atoms. The second-order valence-electron chi connectivity index (χ2n) is 10.1. The van der Waals surface area contributed by atoms with Crippen molar-refractivity contribution in [3.05, 3.63) is 46.3 Å². The zero-order valence-electron chi connectivity index (χ0n) is 21.5. The number of rotatable bonds is 6. The van der Waals surface area contributed by atoms with Crippen LogP contribution in [0, 0.1) is 5.92 Å². The van der Waals surface area contributed by atoms with Gasteiger partial charge in [-0.2, -0.15) is 0 Å². The zero-order chi connectivity index (χ0) is 26.9. The van der Waals surface area contributed by atoms with Gasteiger partial charge in [0, 0.05) is 36.2 Å². The molecular weight excluding hydrogens is 517 g/mol. The molecule has 3 aromatic rings. The van der Waals surface area contributed by atoms with Gasteiger partial charge in [-0.1, -0.05) is 29.3 Å². The molecule has 8 nitrogen and oxygen atoms in total. The van der Waals surface area contributed by atoms with Crippen molar-refractivity contribution in [2.45, 2.75) is 45.3 Å². The van der Waals surface area contributed by atoms with Gasteiger partial charge in [0.15, 0.2) is 0 Å². The predicted octanol–water partition coefficient (Wildman–Crippen LogP) is 5.78. The minimum absolute atomic E-state index is 0.114. The maximum absolute atomic E-state index is 12.6. The fourth-order valence-corrected chi connectivity index (χ4v) is 5.32. The van der Waals surface area contributed by atoms with Crippen molar-refractivity contribution in [3.8, 4) is 22.6 Å². The van der Waals surface area contributed by atoms with Gasteiger partial charge in [0.25, 0.3) is 0 Å². The SMILES string of the molecule is COc1cc(OC)c(Cl)c(-c2ccc3nc(C[C@H]4C[C@@H](CO)N(C(=O)OC(C)(C)C)C4)ncc3c2)c1Cl. The van der Waals surface area contributed by atoms with Gasteiger partial charge in [0.05, 0.1) is 42.4 Å². The number of halogens is 2. The number of carbonyl (C=O) groups is 1. The number of aliphatic hydroxyl groups is 1.